The van der Waals surface area contributed by atoms with Gasteiger partial charge in [-0.3, -0.25) is 24.8 Å². The molecule has 0 amide bonds. The van der Waals surface area contributed by atoms with Crippen LogP contribution in [-0.2, 0) is 19.2 Å². The zero-order valence-corrected chi connectivity index (χ0v) is 10.7. The summed E-state index contributed by atoms with van der Waals surface area (Å²) < 4.78 is 4.85. The van der Waals surface area contributed by atoms with Gasteiger partial charge in [0, 0.05) is 6.42 Å². The lowest BCUT2D eigenvalue weighted by Crippen LogP contribution is -2.42. The largest absolute Gasteiger partial charge is 0.480 e. The van der Waals surface area contributed by atoms with Crippen LogP contribution in [0.1, 0.15) is 32.6 Å². The first-order valence-electron chi connectivity index (χ1n) is 5.83. The van der Waals surface area contributed by atoms with Crippen LogP contribution in [0.25, 0.3) is 0 Å². The van der Waals surface area contributed by atoms with Crippen LogP contribution in [0.2, 0.25) is 0 Å². The molecule has 0 saturated heterocycles. The number of ether oxygens (including phenoxy) is 1. The minimum Gasteiger partial charge on any atom is -0.480 e. The summed E-state index contributed by atoms with van der Waals surface area (Å²) in [5, 5.41) is 24.7. The zero-order chi connectivity index (χ0) is 14.8. The number of carbonyl (C=O) groups excluding carboxylic acids is 1. The summed E-state index contributed by atoms with van der Waals surface area (Å²) in [6.07, 6.45) is 0.940. The molecule has 0 aliphatic carbocycles. The van der Waals surface area contributed by atoms with Crippen LogP contribution in [-0.4, -0.2) is 51.6 Å². The molecule has 0 heterocycles. The zero-order valence-electron chi connectivity index (χ0n) is 10.7. The van der Waals surface area contributed by atoms with Crippen LogP contribution in [0.15, 0.2) is 0 Å². The smallest absolute Gasteiger partial charge is 0.324 e. The van der Waals surface area contributed by atoms with Crippen molar-refractivity contribution in [3.8, 4) is 0 Å². The molecular weight excluding hydrogens is 260 g/mol. The number of carboxylic acid groups (broad SMARTS) is 1. The fourth-order valence-electron chi connectivity index (χ4n) is 1.23. The van der Waals surface area contributed by atoms with Crippen LogP contribution in [0.3, 0.4) is 0 Å². The molecule has 0 radical (unpaired) electrons. The number of nitrogens with zero attached hydrogens (tertiary/aromatic N) is 1. The third kappa shape index (κ3) is 9.33. The van der Waals surface area contributed by atoms with E-state index >= 15 is 0 Å². The van der Waals surface area contributed by atoms with Crippen molar-refractivity contribution in [1.82, 2.24) is 5.39 Å². The van der Waals surface area contributed by atoms with Crippen LogP contribution >= 0.6 is 0 Å². The van der Waals surface area contributed by atoms with Gasteiger partial charge in [0.15, 0.2) is 0 Å². The van der Waals surface area contributed by atoms with E-state index in [1.54, 1.807) is 0 Å². The van der Waals surface area contributed by atoms with Gasteiger partial charge in [0.2, 0.25) is 0 Å². The molecule has 9 nitrogen and oxygen atoms in total. The van der Waals surface area contributed by atoms with E-state index in [4.69, 9.17) is 26.0 Å². The minimum atomic E-state index is -1.24. The van der Waals surface area contributed by atoms with E-state index in [0.717, 1.165) is 0 Å². The summed E-state index contributed by atoms with van der Waals surface area (Å²) in [5.41, 5.74) is 5.29. The number of esters is 1. The summed E-state index contributed by atoms with van der Waals surface area (Å²) in [4.78, 5) is 26.2. The predicted molar refractivity (Wildman–Crippen MR) is 61.0 cm³/mol. The predicted octanol–water partition coefficient (Wildman–Crippen LogP) is -0.0976. The molecule has 9 heteroatoms. The second-order valence-corrected chi connectivity index (χ2v) is 3.96. The van der Waals surface area contributed by atoms with Gasteiger partial charge < -0.3 is 15.6 Å². The highest BCUT2D eigenvalue weighted by molar-refractivity contribution is 5.75. The van der Waals surface area contributed by atoms with Crippen LogP contribution in [0.4, 0.5) is 0 Å². The van der Waals surface area contributed by atoms with E-state index < -0.39 is 24.1 Å². The van der Waals surface area contributed by atoms with Gasteiger partial charge in [0.25, 0.3) is 0 Å². The number of carbonyl (C=O) groups is 2. The molecule has 0 fully saturated rings. The molecule has 0 spiro atoms. The third-order valence-corrected chi connectivity index (χ3v) is 2.34. The first-order valence-corrected chi connectivity index (χ1v) is 5.83. The lowest BCUT2D eigenvalue weighted by atomic mass is 10.2. The Hall–Kier alpha value is -1.26. The molecule has 0 aromatic heterocycles. The first-order chi connectivity index (χ1) is 8.84. The summed E-state index contributed by atoms with van der Waals surface area (Å²) in [5.74, 6) is -1.74. The van der Waals surface area contributed by atoms with Crippen molar-refractivity contribution in [1.29, 1.82) is 0 Å². The van der Waals surface area contributed by atoms with Gasteiger partial charge >= 0.3 is 11.9 Å². The standard InChI is InChI=1S/C10H20N2O7/c1-7(9(11)10(14)15)19-8(13)5-3-2-4-6-18-12(16)17/h7,9,16-17H,2-6,11H2,1H3,(H,14,15). The van der Waals surface area contributed by atoms with E-state index in [0.29, 0.717) is 19.3 Å². The molecular formula is C10H20N2O7. The highest BCUT2D eigenvalue weighted by Crippen LogP contribution is 2.05. The number of carboxylic acids is 1. The highest BCUT2D eigenvalue weighted by atomic mass is 17.1. The lowest BCUT2D eigenvalue weighted by molar-refractivity contribution is -0.492. The van der Waals surface area contributed by atoms with Crippen molar-refractivity contribution in [2.24, 2.45) is 5.73 Å². The van der Waals surface area contributed by atoms with Gasteiger partial charge in [-0.2, -0.15) is 0 Å². The summed E-state index contributed by atoms with van der Waals surface area (Å²) >= 11 is 0. The second kappa shape index (κ2) is 9.64. The molecule has 19 heavy (non-hydrogen) atoms. The Morgan fingerprint density at radius 2 is 1.89 bits per heavy atom. The molecule has 5 N–H and O–H groups in total. The normalized spacial score (nSPS) is 14.2. The molecule has 2 atom stereocenters. The Labute approximate surface area is 110 Å². The minimum absolute atomic E-state index is 0.113. The number of unbranched alkanes of at least 4 members (excludes halogenated alkanes) is 2. The number of rotatable bonds is 10. The third-order valence-electron chi connectivity index (χ3n) is 2.34. The van der Waals surface area contributed by atoms with Crippen molar-refractivity contribution >= 4 is 11.9 Å². The highest BCUT2D eigenvalue weighted by Gasteiger charge is 2.23. The topological polar surface area (TPSA) is 143 Å². The molecule has 0 saturated carbocycles. The van der Waals surface area contributed by atoms with Gasteiger partial charge in [0.1, 0.15) is 12.1 Å². The van der Waals surface area contributed by atoms with E-state index in [-0.39, 0.29) is 18.4 Å². The number of hydrogen-bond donors (Lipinski definition) is 4. The number of hydrogen-bond acceptors (Lipinski definition) is 8. The monoisotopic (exact) mass is 280 g/mol. The molecule has 0 aromatic rings. The number of nitrogens with two attached hydrogens (primary N) is 1. The maximum absolute atomic E-state index is 11.3. The Morgan fingerprint density at radius 1 is 1.26 bits per heavy atom. The van der Waals surface area contributed by atoms with Crippen LogP contribution in [0, 0.1) is 0 Å². The summed E-state index contributed by atoms with van der Waals surface area (Å²) in [6.45, 7) is 1.53. The number of aliphatic carboxylic acids is 1. The van der Waals surface area contributed by atoms with Crippen molar-refractivity contribution in [3.63, 3.8) is 0 Å². The molecule has 0 aliphatic rings. The molecule has 0 rings (SSSR count). The van der Waals surface area contributed by atoms with Gasteiger partial charge in [-0.25, -0.2) is 0 Å². The molecule has 2 unspecified atom stereocenters. The maximum Gasteiger partial charge on any atom is 0.324 e. The summed E-state index contributed by atoms with van der Waals surface area (Å²) in [6, 6.07) is -1.24. The second-order valence-electron chi connectivity index (χ2n) is 3.96. The molecule has 0 aliphatic heterocycles. The Balaban J connectivity index is 3.62. The average Bonchev–Trinajstić information content (AvgIpc) is 2.31. The Morgan fingerprint density at radius 3 is 2.42 bits per heavy atom. The van der Waals surface area contributed by atoms with Crippen LogP contribution < -0.4 is 5.73 Å². The van der Waals surface area contributed by atoms with Gasteiger partial charge in [-0.1, -0.05) is 6.42 Å². The van der Waals surface area contributed by atoms with E-state index in [9.17, 15) is 9.59 Å². The van der Waals surface area contributed by atoms with Gasteiger partial charge in [-0.05, 0) is 19.8 Å². The van der Waals surface area contributed by atoms with E-state index in [2.05, 4.69) is 4.84 Å². The molecule has 0 bridgehead atoms. The van der Waals surface area contributed by atoms with Crippen molar-refractivity contribution in [2.75, 3.05) is 6.61 Å². The fraction of sp³-hybridized carbons (Fsp3) is 0.800. The quantitative estimate of drug-likeness (QED) is 0.245. The fourth-order valence-corrected chi connectivity index (χ4v) is 1.23. The van der Waals surface area contributed by atoms with Crippen molar-refractivity contribution in [2.45, 2.75) is 44.8 Å². The van der Waals surface area contributed by atoms with E-state index in [1.165, 1.54) is 6.92 Å². The van der Waals surface area contributed by atoms with Crippen LogP contribution in [0.5, 0.6) is 0 Å². The van der Waals surface area contributed by atoms with E-state index in [1.807, 2.05) is 0 Å². The molecule has 0 aromatic carbocycles. The van der Waals surface area contributed by atoms with Gasteiger partial charge in [0.05, 0.1) is 12.0 Å². The first kappa shape index (κ1) is 17.7. The van der Waals surface area contributed by atoms with Gasteiger partial charge in [-0.15, -0.1) is 0 Å². The SMILES string of the molecule is CC(OC(=O)CCCCCON(O)O)C(N)C(=O)O. The Bertz CT molecular complexity index is 285. The maximum atomic E-state index is 11.3. The lowest BCUT2D eigenvalue weighted by Gasteiger charge is -2.16. The molecule has 112 valence electrons. The average molecular weight is 280 g/mol. The summed E-state index contributed by atoms with van der Waals surface area (Å²) in [7, 11) is 0. The Kier molecular flexibility index (Phi) is 9.00. The van der Waals surface area contributed by atoms with Crippen molar-refractivity contribution in [3.05, 3.63) is 0 Å². The van der Waals surface area contributed by atoms with Crippen molar-refractivity contribution < 1.29 is 34.7 Å².